The predicted molar refractivity (Wildman–Crippen MR) is 101 cm³/mol. The van der Waals surface area contributed by atoms with Crippen molar-refractivity contribution in [1.82, 2.24) is 4.98 Å². The van der Waals surface area contributed by atoms with Crippen molar-refractivity contribution in [1.29, 1.82) is 0 Å². The number of nitrogens with zero attached hydrogens (tertiary/aromatic N) is 1. The highest BCUT2D eigenvalue weighted by Gasteiger charge is 2.24. The minimum atomic E-state index is -1.80. The van der Waals surface area contributed by atoms with Crippen LogP contribution in [0.2, 0.25) is 0 Å². The number of halogens is 4. The molecule has 1 aliphatic heterocycles. The van der Waals surface area contributed by atoms with E-state index in [0.717, 1.165) is 47.8 Å². The summed E-state index contributed by atoms with van der Waals surface area (Å²) in [5, 5.41) is -0.290. The molecule has 0 bridgehead atoms. The number of anilines is 1. The number of benzene rings is 2. The Morgan fingerprint density at radius 2 is 1.67 bits per heavy atom. The normalized spacial score (nSPS) is 14.5. The summed E-state index contributed by atoms with van der Waals surface area (Å²) in [7, 11) is 0. The summed E-state index contributed by atoms with van der Waals surface area (Å²) in [4.78, 5) is 6.00. The summed E-state index contributed by atoms with van der Waals surface area (Å²) < 4.78 is 55.5. The molecule has 0 aliphatic carbocycles. The smallest absolute Gasteiger partial charge is 0.199 e. The first-order valence-electron chi connectivity index (χ1n) is 8.88. The predicted octanol–water partition coefficient (Wildman–Crippen LogP) is 6.10. The van der Waals surface area contributed by atoms with Gasteiger partial charge >= 0.3 is 0 Å². The van der Waals surface area contributed by atoms with Gasteiger partial charge in [-0.3, -0.25) is 0 Å². The van der Waals surface area contributed by atoms with Crippen LogP contribution < -0.4 is 4.90 Å². The topological polar surface area (TPSA) is 19.0 Å². The van der Waals surface area contributed by atoms with Gasteiger partial charge in [-0.15, -0.1) is 11.8 Å². The lowest BCUT2D eigenvalue weighted by Crippen LogP contribution is -2.18. The van der Waals surface area contributed by atoms with E-state index >= 15 is 0 Å². The Bertz CT molecular complexity index is 964. The van der Waals surface area contributed by atoms with Gasteiger partial charge in [-0.05, 0) is 42.9 Å². The molecular formula is C20H18F4N2S. The molecule has 1 saturated heterocycles. The van der Waals surface area contributed by atoms with Gasteiger partial charge in [-0.1, -0.05) is 6.92 Å². The first-order chi connectivity index (χ1) is 13.0. The summed E-state index contributed by atoms with van der Waals surface area (Å²) in [6, 6.07) is 7.33. The van der Waals surface area contributed by atoms with Crippen LogP contribution in [0, 0.1) is 23.3 Å². The maximum Gasteiger partial charge on any atom is 0.199 e. The standard InChI is InChI=1S/C20H18F4N2S/c1-2-27-11-5-6-15(26-7-3-4-8-26)12(9-11)14-10-13-16(21)17(22)18(23)19(24)20(13)25-14/h5-6,9-10,25H,2-4,7-8H2,1H3. The highest BCUT2D eigenvalue weighted by Crippen LogP contribution is 2.38. The van der Waals surface area contributed by atoms with E-state index in [0.29, 0.717) is 5.69 Å². The fourth-order valence-electron chi connectivity index (χ4n) is 3.59. The van der Waals surface area contributed by atoms with Crippen molar-refractivity contribution in [3.63, 3.8) is 0 Å². The molecule has 1 aliphatic rings. The van der Waals surface area contributed by atoms with Gasteiger partial charge in [0.05, 0.1) is 5.52 Å². The maximum absolute atomic E-state index is 14.2. The van der Waals surface area contributed by atoms with Gasteiger partial charge in [0.25, 0.3) is 0 Å². The molecule has 1 fully saturated rings. The Hall–Kier alpha value is -2.15. The molecule has 2 heterocycles. The average molecular weight is 394 g/mol. The maximum atomic E-state index is 14.2. The second-order valence-corrected chi connectivity index (χ2v) is 7.87. The molecule has 1 N–H and O–H groups in total. The van der Waals surface area contributed by atoms with Crippen molar-refractivity contribution in [2.24, 2.45) is 0 Å². The first-order valence-corrected chi connectivity index (χ1v) is 9.86. The number of hydrogen-bond donors (Lipinski definition) is 1. The number of fused-ring (bicyclic) bond motifs is 1. The summed E-state index contributed by atoms with van der Waals surface area (Å²) in [5.74, 6) is -5.50. The second kappa shape index (κ2) is 7.11. The number of thioether (sulfide) groups is 1. The van der Waals surface area contributed by atoms with Crippen LogP contribution >= 0.6 is 11.8 Å². The quantitative estimate of drug-likeness (QED) is 0.249. The van der Waals surface area contributed by atoms with Gasteiger partial charge in [0.1, 0.15) is 0 Å². The SMILES string of the molecule is CCSc1ccc(N2CCCC2)c(-c2cc3c(F)c(F)c(F)c(F)c3[nH]2)c1. The minimum Gasteiger partial charge on any atom is -0.371 e. The zero-order valence-corrected chi connectivity index (χ0v) is 15.5. The number of aromatic nitrogens is 1. The molecule has 142 valence electrons. The number of aromatic amines is 1. The Kier molecular flexibility index (Phi) is 4.80. The fraction of sp³-hybridized carbons (Fsp3) is 0.300. The number of nitrogens with one attached hydrogen (secondary N) is 1. The van der Waals surface area contributed by atoms with Crippen LogP contribution in [0.4, 0.5) is 23.2 Å². The first kappa shape index (κ1) is 18.2. The van der Waals surface area contributed by atoms with E-state index in [1.54, 1.807) is 11.8 Å². The Labute approximate surface area is 158 Å². The Morgan fingerprint density at radius 1 is 0.963 bits per heavy atom. The van der Waals surface area contributed by atoms with E-state index in [1.165, 1.54) is 6.07 Å². The van der Waals surface area contributed by atoms with Crippen LogP contribution in [0.1, 0.15) is 19.8 Å². The number of H-pyrrole nitrogens is 1. The molecule has 2 aromatic carbocycles. The average Bonchev–Trinajstić information content (AvgIpc) is 3.35. The molecule has 2 nitrogen and oxygen atoms in total. The van der Waals surface area contributed by atoms with Crippen LogP contribution in [0.25, 0.3) is 22.2 Å². The van der Waals surface area contributed by atoms with E-state index in [9.17, 15) is 17.6 Å². The van der Waals surface area contributed by atoms with Crippen molar-refractivity contribution in [2.45, 2.75) is 24.7 Å². The lowest BCUT2D eigenvalue weighted by molar-refractivity contribution is 0.417. The molecule has 0 amide bonds. The van der Waals surface area contributed by atoms with Gasteiger partial charge in [0.2, 0.25) is 0 Å². The molecular weight excluding hydrogens is 376 g/mol. The summed E-state index contributed by atoms with van der Waals surface area (Å²) in [6.45, 7) is 3.84. The monoisotopic (exact) mass is 394 g/mol. The van der Waals surface area contributed by atoms with Crippen LogP contribution in [-0.2, 0) is 0 Å². The zero-order chi connectivity index (χ0) is 19.1. The van der Waals surface area contributed by atoms with Gasteiger partial charge in [0, 0.05) is 40.3 Å². The van der Waals surface area contributed by atoms with Gasteiger partial charge in [-0.2, -0.15) is 0 Å². The third-order valence-electron chi connectivity index (χ3n) is 4.87. The van der Waals surface area contributed by atoms with Gasteiger partial charge in [-0.25, -0.2) is 17.6 Å². The molecule has 1 aromatic heterocycles. The highest BCUT2D eigenvalue weighted by molar-refractivity contribution is 7.99. The lowest BCUT2D eigenvalue weighted by atomic mass is 10.1. The van der Waals surface area contributed by atoms with Crippen LogP contribution in [0.3, 0.4) is 0 Å². The Morgan fingerprint density at radius 3 is 2.37 bits per heavy atom. The molecule has 0 radical (unpaired) electrons. The van der Waals surface area contributed by atoms with Gasteiger partial charge < -0.3 is 9.88 Å². The van der Waals surface area contributed by atoms with Crippen molar-refractivity contribution in [2.75, 3.05) is 23.7 Å². The number of rotatable bonds is 4. The van der Waals surface area contributed by atoms with Crippen LogP contribution in [0.15, 0.2) is 29.2 Å². The van der Waals surface area contributed by atoms with Gasteiger partial charge in [0.15, 0.2) is 23.3 Å². The second-order valence-electron chi connectivity index (χ2n) is 6.53. The van der Waals surface area contributed by atoms with E-state index in [2.05, 4.69) is 9.88 Å². The van der Waals surface area contributed by atoms with E-state index in [-0.39, 0.29) is 10.9 Å². The van der Waals surface area contributed by atoms with Crippen molar-refractivity contribution in [3.05, 3.63) is 47.5 Å². The van der Waals surface area contributed by atoms with Crippen molar-refractivity contribution in [3.8, 4) is 11.3 Å². The third kappa shape index (κ3) is 3.08. The molecule has 0 unspecified atom stereocenters. The summed E-state index contributed by atoms with van der Waals surface area (Å²) >= 11 is 1.65. The van der Waals surface area contributed by atoms with E-state index in [1.807, 2.05) is 25.1 Å². The highest BCUT2D eigenvalue weighted by atomic mass is 32.2. The summed E-state index contributed by atoms with van der Waals surface area (Å²) in [6.07, 6.45) is 2.16. The molecule has 7 heteroatoms. The van der Waals surface area contributed by atoms with Crippen molar-refractivity contribution >= 4 is 28.4 Å². The molecule has 0 atom stereocenters. The van der Waals surface area contributed by atoms with E-state index < -0.39 is 23.3 Å². The van der Waals surface area contributed by atoms with Crippen LogP contribution in [0.5, 0.6) is 0 Å². The van der Waals surface area contributed by atoms with E-state index in [4.69, 9.17) is 0 Å². The minimum absolute atomic E-state index is 0.290. The largest absolute Gasteiger partial charge is 0.371 e. The molecule has 0 spiro atoms. The molecule has 0 saturated carbocycles. The fourth-order valence-corrected chi connectivity index (χ4v) is 4.29. The Balaban J connectivity index is 1.92. The lowest BCUT2D eigenvalue weighted by Gasteiger charge is -2.21. The molecule has 27 heavy (non-hydrogen) atoms. The van der Waals surface area contributed by atoms with Crippen molar-refractivity contribution < 1.29 is 17.6 Å². The number of hydrogen-bond acceptors (Lipinski definition) is 2. The van der Waals surface area contributed by atoms with Crippen LogP contribution in [-0.4, -0.2) is 23.8 Å². The molecule has 3 aromatic rings. The zero-order valence-electron chi connectivity index (χ0n) is 14.7. The molecule has 4 rings (SSSR count). The summed E-state index contributed by atoms with van der Waals surface area (Å²) in [5.41, 5.74) is 1.79. The third-order valence-corrected chi connectivity index (χ3v) is 5.74.